The first kappa shape index (κ1) is 32.3. The molecule has 0 bridgehead atoms. The maximum atomic E-state index is 13.5. The summed E-state index contributed by atoms with van der Waals surface area (Å²) in [5, 5.41) is 3.53. The Balaban J connectivity index is 1.11. The number of fused-ring (bicyclic) bond motifs is 2. The van der Waals surface area contributed by atoms with Crippen LogP contribution < -0.4 is 20.3 Å². The number of hydrogen-bond donors (Lipinski definition) is 1. The number of anilines is 1. The largest absolute Gasteiger partial charge is 0.493 e. The Bertz CT molecular complexity index is 1820. The highest BCUT2D eigenvalue weighted by atomic mass is 16.5. The van der Waals surface area contributed by atoms with Crippen molar-refractivity contribution in [3.8, 4) is 17.2 Å². The Morgan fingerprint density at radius 2 is 1.81 bits per heavy atom. The second kappa shape index (κ2) is 14.0. The van der Waals surface area contributed by atoms with Crippen LogP contribution in [0.5, 0.6) is 17.2 Å². The first-order chi connectivity index (χ1) is 22.6. The van der Waals surface area contributed by atoms with Crippen LogP contribution in [0.25, 0.3) is 10.9 Å². The Labute approximate surface area is 273 Å². The third kappa shape index (κ3) is 7.86. The summed E-state index contributed by atoms with van der Waals surface area (Å²) in [7, 11) is 0. The minimum absolute atomic E-state index is 0.0468. The summed E-state index contributed by atoms with van der Waals surface area (Å²) in [4.78, 5) is 50.8. The lowest BCUT2D eigenvalue weighted by Crippen LogP contribution is -2.37. The fourth-order valence-electron chi connectivity index (χ4n) is 5.98. The van der Waals surface area contributed by atoms with Gasteiger partial charge in [-0.3, -0.25) is 24.3 Å². The van der Waals surface area contributed by atoms with Crippen molar-refractivity contribution in [1.82, 2.24) is 19.4 Å². The van der Waals surface area contributed by atoms with Gasteiger partial charge in [-0.05, 0) is 61.1 Å². The smallest absolute Gasteiger partial charge is 0.263 e. The van der Waals surface area contributed by atoms with Crippen LogP contribution in [0.3, 0.4) is 0 Å². The molecule has 0 radical (unpaired) electrons. The van der Waals surface area contributed by atoms with Gasteiger partial charge in [-0.15, -0.1) is 0 Å². The van der Waals surface area contributed by atoms with Crippen molar-refractivity contribution in [1.29, 1.82) is 0 Å². The Kier molecular flexibility index (Phi) is 9.65. The number of nitrogens with zero attached hydrogens (tertiary/aromatic N) is 4. The highest BCUT2D eigenvalue weighted by Gasteiger charge is 2.27. The maximum absolute atomic E-state index is 13.5. The molecule has 4 aromatic rings. The molecule has 1 N–H and O–H groups in total. The predicted octanol–water partition coefficient (Wildman–Crippen LogP) is 5.50. The molecule has 1 saturated heterocycles. The number of hydrogen-bond acceptors (Lipinski definition) is 9. The normalized spacial score (nSPS) is 15.3. The van der Waals surface area contributed by atoms with Crippen molar-refractivity contribution >= 4 is 28.4 Å². The van der Waals surface area contributed by atoms with Gasteiger partial charge >= 0.3 is 0 Å². The van der Waals surface area contributed by atoms with Gasteiger partial charge in [0, 0.05) is 61.5 Å². The molecule has 2 aliphatic rings. The van der Waals surface area contributed by atoms with Gasteiger partial charge in [-0.25, -0.2) is 4.98 Å². The topological polar surface area (TPSA) is 125 Å². The molecular formula is C36H41N5O6. The average Bonchev–Trinajstić information content (AvgIpc) is 3.05. The number of carbonyl (C=O) groups is 2. The van der Waals surface area contributed by atoms with E-state index in [4.69, 9.17) is 14.2 Å². The van der Waals surface area contributed by atoms with Gasteiger partial charge in [0.05, 0.1) is 31.5 Å². The zero-order valence-electron chi connectivity index (χ0n) is 27.2. The third-order valence-corrected chi connectivity index (χ3v) is 8.27. The van der Waals surface area contributed by atoms with Gasteiger partial charge in [0.2, 0.25) is 0 Å². The van der Waals surface area contributed by atoms with Gasteiger partial charge in [-0.1, -0.05) is 20.8 Å². The minimum atomic E-state index is -0.612. The van der Waals surface area contributed by atoms with Gasteiger partial charge in [0.15, 0.2) is 5.78 Å². The van der Waals surface area contributed by atoms with Crippen LogP contribution in [0.1, 0.15) is 66.4 Å². The van der Waals surface area contributed by atoms with Crippen molar-refractivity contribution in [2.24, 2.45) is 5.41 Å². The minimum Gasteiger partial charge on any atom is -0.493 e. The number of aromatic nitrogens is 3. The third-order valence-electron chi connectivity index (χ3n) is 8.27. The predicted molar refractivity (Wildman–Crippen MR) is 179 cm³/mol. The van der Waals surface area contributed by atoms with E-state index in [2.05, 4.69) is 20.2 Å². The summed E-state index contributed by atoms with van der Waals surface area (Å²) in [6, 6.07) is 12.3. The number of pyridine rings is 3. The molecule has 0 saturated carbocycles. The van der Waals surface area contributed by atoms with Crippen LogP contribution in [-0.4, -0.2) is 70.6 Å². The zero-order valence-corrected chi connectivity index (χ0v) is 27.2. The summed E-state index contributed by atoms with van der Waals surface area (Å²) >= 11 is 0. The molecule has 6 rings (SSSR count). The fourth-order valence-corrected chi connectivity index (χ4v) is 5.98. The molecule has 1 aliphatic heterocycles. The standard InChI is InChI=1S/C36H41N5O6/c1-36(2,3)23-41-30-6-4-7-31(42)27(30)21-28(35(41)44)34(43)39-33-11-9-25(22-38-33)47-32-12-13-37-29-20-24(8-10-26(29)32)46-17-5-14-40-15-18-45-19-16-40/h8-13,20-22H,4-7,14-19,23H2,1-3H3,(H,38,39,43). The lowest BCUT2D eigenvalue weighted by molar-refractivity contribution is 0.0358. The zero-order chi connectivity index (χ0) is 33.0. The van der Waals surface area contributed by atoms with Crippen LogP contribution in [0.15, 0.2) is 59.7 Å². The number of ketones is 1. The summed E-state index contributed by atoms with van der Waals surface area (Å²) in [6.07, 6.45) is 5.84. The molecular weight excluding hydrogens is 598 g/mol. The number of rotatable bonds is 10. The molecule has 1 aliphatic carbocycles. The molecule has 3 aromatic heterocycles. The van der Waals surface area contributed by atoms with Crippen LogP contribution in [0, 0.1) is 5.41 Å². The number of morpholine rings is 1. The molecule has 0 spiro atoms. The molecule has 1 aromatic carbocycles. The van der Waals surface area contributed by atoms with Crippen molar-refractivity contribution in [2.75, 3.05) is 44.8 Å². The number of Topliss-reactive ketones (excluding diaryl/α,β-unsaturated/α-hetero) is 1. The highest BCUT2D eigenvalue weighted by Crippen LogP contribution is 2.31. The van der Waals surface area contributed by atoms with E-state index in [9.17, 15) is 14.4 Å². The summed E-state index contributed by atoms with van der Waals surface area (Å²) in [5.74, 6) is 1.41. The summed E-state index contributed by atoms with van der Waals surface area (Å²) < 4.78 is 19.1. The van der Waals surface area contributed by atoms with Crippen molar-refractivity contribution in [2.45, 2.75) is 53.0 Å². The number of benzene rings is 1. The Hall–Kier alpha value is -4.61. The molecule has 4 heterocycles. The lowest BCUT2D eigenvalue weighted by Gasteiger charge is -2.26. The summed E-state index contributed by atoms with van der Waals surface area (Å²) in [5.41, 5.74) is 1.21. The number of nitrogens with one attached hydrogen (secondary N) is 1. The molecule has 1 fully saturated rings. The van der Waals surface area contributed by atoms with E-state index in [1.165, 1.54) is 12.3 Å². The van der Waals surface area contributed by atoms with E-state index < -0.39 is 11.5 Å². The van der Waals surface area contributed by atoms with Crippen LogP contribution in [0.4, 0.5) is 5.82 Å². The lowest BCUT2D eigenvalue weighted by atomic mass is 9.91. The number of carbonyl (C=O) groups excluding carboxylic acids is 2. The van der Waals surface area contributed by atoms with Crippen LogP contribution in [0.2, 0.25) is 0 Å². The molecule has 1 amide bonds. The van der Waals surface area contributed by atoms with Crippen molar-refractivity contribution in [3.63, 3.8) is 0 Å². The molecule has 11 heteroatoms. The van der Waals surface area contributed by atoms with E-state index >= 15 is 0 Å². The number of amides is 1. The SMILES string of the molecule is CC(C)(C)Cn1c2c(cc(C(=O)Nc3ccc(Oc4ccnc5cc(OCCCN6CCOCC6)ccc45)cn3)c1=O)C(=O)CCC2. The second-order valence-corrected chi connectivity index (χ2v) is 13.2. The van der Waals surface area contributed by atoms with Gasteiger partial charge in [0.25, 0.3) is 11.5 Å². The van der Waals surface area contributed by atoms with E-state index in [1.54, 1.807) is 29.0 Å². The van der Waals surface area contributed by atoms with Crippen molar-refractivity contribution in [3.05, 3.63) is 82.0 Å². The van der Waals surface area contributed by atoms with Crippen molar-refractivity contribution < 1.29 is 23.8 Å². The quantitative estimate of drug-likeness (QED) is 0.224. The van der Waals surface area contributed by atoms with Gasteiger partial charge in [-0.2, -0.15) is 0 Å². The van der Waals surface area contributed by atoms with Gasteiger partial charge < -0.3 is 24.1 Å². The average molecular weight is 640 g/mol. The van der Waals surface area contributed by atoms with Gasteiger partial charge in [0.1, 0.15) is 28.6 Å². The Morgan fingerprint density at radius 1 is 1.00 bits per heavy atom. The molecule has 0 atom stereocenters. The molecule has 246 valence electrons. The van der Waals surface area contributed by atoms with Crippen LogP contribution >= 0.6 is 0 Å². The first-order valence-electron chi connectivity index (χ1n) is 16.2. The van der Waals surface area contributed by atoms with Crippen LogP contribution in [-0.2, 0) is 17.7 Å². The van der Waals surface area contributed by atoms with E-state index in [1.807, 2.05) is 39.0 Å². The van der Waals surface area contributed by atoms with E-state index in [-0.39, 0.29) is 22.6 Å². The Morgan fingerprint density at radius 3 is 2.57 bits per heavy atom. The maximum Gasteiger partial charge on any atom is 0.263 e. The molecule has 47 heavy (non-hydrogen) atoms. The first-order valence-corrected chi connectivity index (χ1v) is 16.2. The fraction of sp³-hybridized carbons (Fsp3) is 0.417. The summed E-state index contributed by atoms with van der Waals surface area (Å²) in [6.45, 7) is 11.6. The monoisotopic (exact) mass is 639 g/mol. The van der Waals surface area contributed by atoms with E-state index in [0.29, 0.717) is 55.2 Å². The number of ether oxygens (including phenoxy) is 3. The second-order valence-electron chi connectivity index (χ2n) is 13.2. The van der Waals surface area contributed by atoms with E-state index in [0.717, 1.165) is 55.9 Å². The highest BCUT2D eigenvalue weighted by molar-refractivity contribution is 6.06. The molecule has 0 unspecified atom stereocenters. The molecule has 11 nitrogen and oxygen atoms in total.